The number of rotatable bonds is 4. The molecule has 1 aromatic carbocycles. The molecule has 0 radical (unpaired) electrons. The number of hydrogen-bond acceptors (Lipinski definition) is 4. The predicted octanol–water partition coefficient (Wildman–Crippen LogP) is 1.81. The Hall–Kier alpha value is -1.63. The second-order valence-corrected chi connectivity index (χ2v) is 6.19. The standard InChI is InChI=1S/C17H25N3O3.ClH/c1-11-4-5-13(10-14(11)17(22)20(2)3)19-16(21)15(18)12-6-8-23-9-7-12;/h4-5,10,12,15H,6-9,18H2,1-3H3,(H,19,21);1H. The molecule has 24 heavy (non-hydrogen) atoms. The number of aryl methyl sites for hydroxylation is 1. The average molecular weight is 356 g/mol. The van der Waals surface area contributed by atoms with Gasteiger partial charge in [-0.2, -0.15) is 0 Å². The monoisotopic (exact) mass is 355 g/mol. The van der Waals surface area contributed by atoms with Crippen LogP contribution in [0.25, 0.3) is 0 Å². The average Bonchev–Trinajstić information content (AvgIpc) is 2.55. The van der Waals surface area contributed by atoms with Gasteiger partial charge in [-0.05, 0) is 43.4 Å². The fraction of sp³-hybridized carbons (Fsp3) is 0.529. The molecule has 2 rings (SSSR count). The summed E-state index contributed by atoms with van der Waals surface area (Å²) in [6, 6.07) is 4.75. The van der Waals surface area contributed by atoms with Gasteiger partial charge in [-0.25, -0.2) is 0 Å². The molecule has 1 heterocycles. The van der Waals surface area contributed by atoms with Crippen LogP contribution in [0.4, 0.5) is 5.69 Å². The summed E-state index contributed by atoms with van der Waals surface area (Å²) < 4.78 is 5.30. The molecule has 1 unspecified atom stereocenters. The van der Waals surface area contributed by atoms with Crippen molar-refractivity contribution in [3.63, 3.8) is 0 Å². The quantitative estimate of drug-likeness (QED) is 0.862. The Bertz CT molecular complexity index is 586. The van der Waals surface area contributed by atoms with Gasteiger partial charge in [-0.15, -0.1) is 12.4 Å². The van der Waals surface area contributed by atoms with Crippen LogP contribution in [0.1, 0.15) is 28.8 Å². The summed E-state index contributed by atoms with van der Waals surface area (Å²) in [7, 11) is 3.40. The summed E-state index contributed by atoms with van der Waals surface area (Å²) >= 11 is 0. The van der Waals surface area contributed by atoms with Crippen molar-refractivity contribution in [2.75, 3.05) is 32.6 Å². The number of hydrogen-bond donors (Lipinski definition) is 2. The highest BCUT2D eigenvalue weighted by Gasteiger charge is 2.26. The zero-order valence-electron chi connectivity index (χ0n) is 14.4. The lowest BCUT2D eigenvalue weighted by Crippen LogP contribution is -2.44. The SMILES string of the molecule is Cc1ccc(NC(=O)C(N)C2CCOCC2)cc1C(=O)N(C)C.Cl. The van der Waals surface area contributed by atoms with Gasteiger partial charge in [0.2, 0.25) is 5.91 Å². The maximum Gasteiger partial charge on any atom is 0.253 e. The minimum atomic E-state index is -0.562. The van der Waals surface area contributed by atoms with Crippen LogP contribution in [0.5, 0.6) is 0 Å². The van der Waals surface area contributed by atoms with Crippen molar-refractivity contribution < 1.29 is 14.3 Å². The van der Waals surface area contributed by atoms with Crippen LogP contribution in [0.2, 0.25) is 0 Å². The minimum Gasteiger partial charge on any atom is -0.381 e. The zero-order chi connectivity index (χ0) is 17.0. The summed E-state index contributed by atoms with van der Waals surface area (Å²) in [6.45, 7) is 3.17. The van der Waals surface area contributed by atoms with Crippen LogP contribution in [0.15, 0.2) is 18.2 Å². The van der Waals surface area contributed by atoms with Gasteiger partial charge < -0.3 is 20.7 Å². The molecule has 1 atom stereocenters. The molecule has 134 valence electrons. The highest BCUT2D eigenvalue weighted by atomic mass is 35.5. The first-order valence-corrected chi connectivity index (χ1v) is 7.86. The van der Waals surface area contributed by atoms with Gasteiger partial charge in [0.05, 0.1) is 6.04 Å². The van der Waals surface area contributed by atoms with Crippen LogP contribution >= 0.6 is 12.4 Å². The number of ether oxygens (including phenoxy) is 1. The van der Waals surface area contributed by atoms with E-state index in [1.165, 1.54) is 4.90 Å². The number of nitrogens with one attached hydrogen (secondary N) is 1. The Morgan fingerprint density at radius 1 is 1.29 bits per heavy atom. The lowest BCUT2D eigenvalue weighted by atomic mass is 9.92. The number of carbonyl (C=O) groups excluding carboxylic acids is 2. The Balaban J connectivity index is 0.00000288. The molecule has 0 aliphatic carbocycles. The first kappa shape index (κ1) is 20.4. The van der Waals surface area contributed by atoms with Crippen LogP contribution in [0, 0.1) is 12.8 Å². The number of anilines is 1. The van der Waals surface area contributed by atoms with Crippen molar-refractivity contribution in [1.82, 2.24) is 4.90 Å². The van der Waals surface area contributed by atoms with Crippen molar-refractivity contribution in [3.05, 3.63) is 29.3 Å². The second kappa shape index (κ2) is 9.01. The van der Waals surface area contributed by atoms with Gasteiger partial charge in [-0.1, -0.05) is 6.07 Å². The first-order chi connectivity index (χ1) is 10.9. The van der Waals surface area contributed by atoms with Crippen LogP contribution in [-0.4, -0.2) is 50.1 Å². The van der Waals surface area contributed by atoms with E-state index in [9.17, 15) is 9.59 Å². The maximum absolute atomic E-state index is 12.3. The third kappa shape index (κ3) is 4.93. The van der Waals surface area contributed by atoms with E-state index in [1.807, 2.05) is 13.0 Å². The summed E-state index contributed by atoms with van der Waals surface area (Å²) in [5, 5.41) is 2.82. The van der Waals surface area contributed by atoms with E-state index in [1.54, 1.807) is 26.2 Å². The molecule has 0 bridgehead atoms. The van der Waals surface area contributed by atoms with Crippen molar-refractivity contribution >= 4 is 29.9 Å². The third-order valence-electron chi connectivity index (χ3n) is 4.22. The molecule has 1 aliphatic rings. The second-order valence-electron chi connectivity index (χ2n) is 6.19. The van der Waals surface area contributed by atoms with Crippen molar-refractivity contribution in [2.45, 2.75) is 25.8 Å². The fourth-order valence-electron chi connectivity index (χ4n) is 2.69. The van der Waals surface area contributed by atoms with E-state index in [0.717, 1.165) is 18.4 Å². The first-order valence-electron chi connectivity index (χ1n) is 7.86. The smallest absolute Gasteiger partial charge is 0.253 e. The molecule has 3 N–H and O–H groups in total. The zero-order valence-corrected chi connectivity index (χ0v) is 15.2. The summed E-state index contributed by atoms with van der Waals surface area (Å²) in [6.07, 6.45) is 1.60. The van der Waals surface area contributed by atoms with Crippen LogP contribution in [0.3, 0.4) is 0 Å². The Kier molecular flexibility index (Phi) is 7.66. The molecule has 1 aliphatic heterocycles. The number of nitrogens with zero attached hydrogens (tertiary/aromatic N) is 1. The Labute approximate surface area is 149 Å². The molecule has 0 aromatic heterocycles. The highest BCUT2D eigenvalue weighted by Crippen LogP contribution is 2.20. The number of amides is 2. The number of benzene rings is 1. The maximum atomic E-state index is 12.3. The molecule has 1 fully saturated rings. The van der Waals surface area contributed by atoms with Crippen molar-refractivity contribution in [2.24, 2.45) is 11.7 Å². The van der Waals surface area contributed by atoms with Gasteiger partial charge in [0.15, 0.2) is 0 Å². The molecule has 7 heteroatoms. The Morgan fingerprint density at radius 3 is 2.50 bits per heavy atom. The number of nitrogens with two attached hydrogens (primary N) is 1. The van der Waals surface area contributed by atoms with E-state index >= 15 is 0 Å². The lowest BCUT2D eigenvalue weighted by molar-refractivity contribution is -0.119. The molecular weight excluding hydrogens is 330 g/mol. The van der Waals surface area contributed by atoms with Gasteiger partial charge in [-0.3, -0.25) is 9.59 Å². The molecule has 6 nitrogen and oxygen atoms in total. The van der Waals surface area contributed by atoms with E-state index < -0.39 is 6.04 Å². The van der Waals surface area contributed by atoms with Crippen molar-refractivity contribution in [3.8, 4) is 0 Å². The number of carbonyl (C=O) groups is 2. The summed E-state index contributed by atoms with van der Waals surface area (Å²) in [5.41, 5.74) is 8.11. The molecular formula is C17H26ClN3O3. The topological polar surface area (TPSA) is 84.7 Å². The van der Waals surface area contributed by atoms with E-state index in [-0.39, 0.29) is 30.1 Å². The predicted molar refractivity (Wildman–Crippen MR) is 96.6 cm³/mol. The molecule has 0 saturated carbocycles. The number of halogens is 1. The van der Waals surface area contributed by atoms with E-state index in [2.05, 4.69) is 5.32 Å². The van der Waals surface area contributed by atoms with Gasteiger partial charge >= 0.3 is 0 Å². The van der Waals surface area contributed by atoms with Gasteiger partial charge in [0.25, 0.3) is 5.91 Å². The molecule has 1 saturated heterocycles. The van der Waals surface area contributed by atoms with Crippen molar-refractivity contribution in [1.29, 1.82) is 0 Å². The van der Waals surface area contributed by atoms with E-state index in [0.29, 0.717) is 24.5 Å². The molecule has 0 spiro atoms. The Morgan fingerprint density at radius 2 is 1.92 bits per heavy atom. The normalized spacial score (nSPS) is 16.0. The summed E-state index contributed by atoms with van der Waals surface area (Å²) in [5.74, 6) is -0.173. The highest BCUT2D eigenvalue weighted by molar-refractivity contribution is 5.99. The van der Waals surface area contributed by atoms with E-state index in [4.69, 9.17) is 10.5 Å². The summed E-state index contributed by atoms with van der Waals surface area (Å²) in [4.78, 5) is 26.0. The molecule has 1 aromatic rings. The fourth-order valence-corrected chi connectivity index (χ4v) is 2.69. The van der Waals surface area contributed by atoms with Gasteiger partial charge in [0, 0.05) is 38.6 Å². The van der Waals surface area contributed by atoms with Crippen LogP contribution in [-0.2, 0) is 9.53 Å². The largest absolute Gasteiger partial charge is 0.381 e. The lowest BCUT2D eigenvalue weighted by Gasteiger charge is -2.26. The molecule has 2 amide bonds. The third-order valence-corrected chi connectivity index (χ3v) is 4.22. The minimum absolute atomic E-state index is 0. The van der Waals surface area contributed by atoms with Crippen LogP contribution < -0.4 is 11.1 Å². The van der Waals surface area contributed by atoms with Gasteiger partial charge in [0.1, 0.15) is 0 Å².